The summed E-state index contributed by atoms with van der Waals surface area (Å²) in [6.07, 6.45) is 13.1. The van der Waals surface area contributed by atoms with Gasteiger partial charge in [0.05, 0.1) is 0 Å². The van der Waals surface area contributed by atoms with Gasteiger partial charge in [-0.05, 0) is 17.8 Å². The van der Waals surface area contributed by atoms with E-state index in [0.717, 1.165) is 11.5 Å². The zero-order valence-corrected chi connectivity index (χ0v) is 6.09. The van der Waals surface area contributed by atoms with Gasteiger partial charge < -0.3 is 0 Å². The summed E-state index contributed by atoms with van der Waals surface area (Å²) >= 11 is 0. The molecule has 2 aliphatic rings. The molecule has 0 heteroatoms. The highest BCUT2D eigenvalue weighted by Gasteiger charge is 2.47. The third-order valence-electron chi connectivity index (χ3n) is 2.51. The highest BCUT2D eigenvalue weighted by atomic mass is 14.5. The van der Waals surface area contributed by atoms with Crippen LogP contribution in [0, 0.1) is 23.7 Å². The Morgan fingerprint density at radius 1 is 1.80 bits per heavy atom. The second-order valence-corrected chi connectivity index (χ2v) is 3.42. The van der Waals surface area contributed by atoms with Crippen molar-refractivity contribution >= 4 is 0 Å². The molecule has 10 heavy (non-hydrogen) atoms. The topological polar surface area (TPSA) is 0 Å². The Morgan fingerprint density at radius 3 is 3.20 bits per heavy atom. The standard InChI is InChI=1S/C10H10/c1-3-8-4-5-9-7-10(9,2)6-8/h1,4-6,9H,7H2,2H3. The number of fused-ring (bicyclic) bond motifs is 1. The molecular weight excluding hydrogens is 120 g/mol. The van der Waals surface area contributed by atoms with Crippen LogP contribution in [0.2, 0.25) is 0 Å². The summed E-state index contributed by atoms with van der Waals surface area (Å²) in [7, 11) is 0. The molecule has 0 spiro atoms. The van der Waals surface area contributed by atoms with E-state index in [-0.39, 0.29) is 0 Å². The highest BCUT2D eigenvalue weighted by Crippen LogP contribution is 2.56. The van der Waals surface area contributed by atoms with Crippen molar-refractivity contribution in [2.45, 2.75) is 13.3 Å². The zero-order valence-electron chi connectivity index (χ0n) is 6.09. The van der Waals surface area contributed by atoms with Crippen molar-refractivity contribution in [3.05, 3.63) is 23.8 Å². The van der Waals surface area contributed by atoms with Crippen LogP contribution in [0.15, 0.2) is 23.8 Å². The lowest BCUT2D eigenvalue weighted by atomic mass is 9.98. The summed E-state index contributed by atoms with van der Waals surface area (Å²) in [6.45, 7) is 2.26. The average molecular weight is 130 g/mol. The van der Waals surface area contributed by atoms with Crippen molar-refractivity contribution in [1.82, 2.24) is 0 Å². The monoisotopic (exact) mass is 130 g/mol. The minimum atomic E-state index is 0.427. The quantitative estimate of drug-likeness (QED) is 0.441. The highest BCUT2D eigenvalue weighted by molar-refractivity contribution is 5.44. The number of hydrogen-bond acceptors (Lipinski definition) is 0. The van der Waals surface area contributed by atoms with Gasteiger partial charge in [-0.15, -0.1) is 6.42 Å². The van der Waals surface area contributed by atoms with Gasteiger partial charge in [0.15, 0.2) is 0 Å². The van der Waals surface area contributed by atoms with E-state index < -0.39 is 0 Å². The molecule has 1 fully saturated rings. The molecule has 1 saturated carbocycles. The van der Waals surface area contributed by atoms with Crippen LogP contribution in [-0.4, -0.2) is 0 Å². The first-order valence-electron chi connectivity index (χ1n) is 3.62. The van der Waals surface area contributed by atoms with Crippen LogP contribution in [0.4, 0.5) is 0 Å². The largest absolute Gasteiger partial charge is 0.115 e. The van der Waals surface area contributed by atoms with Crippen molar-refractivity contribution in [3.63, 3.8) is 0 Å². The van der Waals surface area contributed by atoms with Crippen LogP contribution >= 0.6 is 0 Å². The summed E-state index contributed by atoms with van der Waals surface area (Å²) in [5, 5.41) is 0. The summed E-state index contributed by atoms with van der Waals surface area (Å²) in [6, 6.07) is 0. The maximum atomic E-state index is 5.27. The first kappa shape index (κ1) is 5.80. The van der Waals surface area contributed by atoms with Gasteiger partial charge in [-0.2, -0.15) is 0 Å². The minimum Gasteiger partial charge on any atom is -0.115 e. The molecule has 50 valence electrons. The van der Waals surface area contributed by atoms with Crippen LogP contribution in [-0.2, 0) is 0 Å². The molecule has 0 heterocycles. The van der Waals surface area contributed by atoms with Crippen LogP contribution in [0.25, 0.3) is 0 Å². The summed E-state index contributed by atoms with van der Waals surface area (Å²) in [5.41, 5.74) is 1.48. The van der Waals surface area contributed by atoms with E-state index in [4.69, 9.17) is 6.42 Å². The van der Waals surface area contributed by atoms with Crippen LogP contribution in [0.5, 0.6) is 0 Å². The molecule has 0 radical (unpaired) electrons. The smallest absolute Gasteiger partial charge is 0.0205 e. The summed E-state index contributed by atoms with van der Waals surface area (Å²) in [4.78, 5) is 0. The zero-order chi connectivity index (χ0) is 7.19. The second-order valence-electron chi connectivity index (χ2n) is 3.42. The van der Waals surface area contributed by atoms with Gasteiger partial charge in [0, 0.05) is 5.57 Å². The lowest BCUT2D eigenvalue weighted by Gasteiger charge is -2.06. The van der Waals surface area contributed by atoms with Crippen LogP contribution < -0.4 is 0 Å². The van der Waals surface area contributed by atoms with Gasteiger partial charge in [-0.3, -0.25) is 0 Å². The van der Waals surface area contributed by atoms with E-state index >= 15 is 0 Å². The van der Waals surface area contributed by atoms with Crippen LogP contribution in [0.1, 0.15) is 13.3 Å². The van der Waals surface area contributed by atoms with Crippen molar-refractivity contribution < 1.29 is 0 Å². The van der Waals surface area contributed by atoms with E-state index in [0.29, 0.717) is 5.41 Å². The molecule has 0 nitrogen and oxygen atoms in total. The normalized spacial score (nSPS) is 41.6. The van der Waals surface area contributed by atoms with E-state index in [9.17, 15) is 0 Å². The Balaban J connectivity index is 2.35. The number of terminal acetylenes is 1. The van der Waals surface area contributed by atoms with Crippen LogP contribution in [0.3, 0.4) is 0 Å². The molecule has 0 aromatic heterocycles. The predicted octanol–water partition coefficient (Wildman–Crippen LogP) is 2.14. The molecule has 0 aliphatic heterocycles. The fourth-order valence-electron chi connectivity index (χ4n) is 1.58. The van der Waals surface area contributed by atoms with E-state index in [1.54, 1.807) is 0 Å². The molecule has 0 bridgehead atoms. The fourth-order valence-corrected chi connectivity index (χ4v) is 1.58. The third kappa shape index (κ3) is 0.640. The van der Waals surface area contributed by atoms with E-state index in [1.165, 1.54) is 6.42 Å². The molecule has 2 unspecified atom stereocenters. The molecule has 2 aliphatic carbocycles. The molecule has 0 N–H and O–H groups in total. The maximum Gasteiger partial charge on any atom is 0.0205 e. The lowest BCUT2D eigenvalue weighted by Crippen LogP contribution is -1.96. The molecule has 0 saturated heterocycles. The second kappa shape index (κ2) is 1.55. The molecule has 2 rings (SSSR count). The number of hydrogen-bond donors (Lipinski definition) is 0. The van der Waals surface area contributed by atoms with Crippen molar-refractivity contribution in [2.24, 2.45) is 11.3 Å². The van der Waals surface area contributed by atoms with Crippen molar-refractivity contribution in [3.8, 4) is 12.3 Å². The van der Waals surface area contributed by atoms with Gasteiger partial charge in [0.2, 0.25) is 0 Å². The fraction of sp³-hybridized carbons (Fsp3) is 0.400. The van der Waals surface area contributed by atoms with E-state index in [2.05, 4.69) is 31.1 Å². The molecule has 0 aromatic carbocycles. The molecule has 0 amide bonds. The first-order chi connectivity index (χ1) is 4.74. The predicted molar refractivity (Wildman–Crippen MR) is 42.3 cm³/mol. The lowest BCUT2D eigenvalue weighted by molar-refractivity contribution is 0.686. The Labute approximate surface area is 61.6 Å². The molecular formula is C10H10. The van der Waals surface area contributed by atoms with Gasteiger partial charge in [0.1, 0.15) is 0 Å². The molecule has 2 atom stereocenters. The van der Waals surface area contributed by atoms with Gasteiger partial charge in [-0.1, -0.05) is 31.1 Å². The number of allylic oxidation sites excluding steroid dienone is 4. The summed E-state index contributed by atoms with van der Waals surface area (Å²) in [5.74, 6) is 3.44. The summed E-state index contributed by atoms with van der Waals surface area (Å²) < 4.78 is 0. The average Bonchev–Trinajstić information content (AvgIpc) is 2.58. The van der Waals surface area contributed by atoms with Gasteiger partial charge >= 0.3 is 0 Å². The molecule has 0 aromatic rings. The first-order valence-corrected chi connectivity index (χ1v) is 3.62. The van der Waals surface area contributed by atoms with Crippen molar-refractivity contribution in [1.29, 1.82) is 0 Å². The SMILES string of the molecule is C#CC1=CC2(C)CC2C=C1. The minimum absolute atomic E-state index is 0.427. The Kier molecular flexibility index (Phi) is 0.898. The van der Waals surface area contributed by atoms with Gasteiger partial charge in [-0.25, -0.2) is 0 Å². The number of rotatable bonds is 0. The Morgan fingerprint density at radius 2 is 2.60 bits per heavy atom. The Bertz CT molecular complexity index is 262. The van der Waals surface area contributed by atoms with E-state index in [1.807, 2.05) is 0 Å². The van der Waals surface area contributed by atoms with Crippen molar-refractivity contribution in [2.75, 3.05) is 0 Å². The third-order valence-corrected chi connectivity index (χ3v) is 2.51. The Hall–Kier alpha value is -0.960. The maximum absolute atomic E-state index is 5.27. The van der Waals surface area contributed by atoms with Gasteiger partial charge in [0.25, 0.3) is 0 Å².